The number of aryl methyl sites for hydroxylation is 1. The van der Waals surface area contributed by atoms with Crippen LogP contribution in [0.2, 0.25) is 5.02 Å². The summed E-state index contributed by atoms with van der Waals surface area (Å²) in [5.74, 6) is -0.655. The minimum atomic E-state index is -3.81. The lowest BCUT2D eigenvalue weighted by Crippen LogP contribution is -2.14. The van der Waals surface area contributed by atoms with E-state index in [1.807, 2.05) is 13.0 Å². The van der Waals surface area contributed by atoms with E-state index in [1.165, 1.54) is 36.4 Å². The SMILES string of the molecule is Cc1cccc(NS(=O)(=O)c2ccc(NC(=O)c3cc([N+](=O)[O-])ccc3Cl)cc2)c1. The fourth-order valence-electron chi connectivity index (χ4n) is 2.64. The van der Waals surface area contributed by atoms with E-state index < -0.39 is 20.9 Å². The van der Waals surface area contributed by atoms with Crippen LogP contribution in [0.4, 0.5) is 17.1 Å². The van der Waals surface area contributed by atoms with E-state index >= 15 is 0 Å². The Balaban J connectivity index is 1.76. The normalized spacial score (nSPS) is 11.0. The number of benzene rings is 3. The standard InChI is InChI=1S/C20H16ClN3O5S/c1-13-3-2-4-15(11-13)23-30(28,29)17-8-5-14(6-9-17)22-20(25)18-12-16(24(26)27)7-10-19(18)21/h2-12,23H,1H3,(H,22,25). The number of non-ortho nitro benzene ring substituents is 1. The maximum atomic E-state index is 12.5. The first-order valence-corrected chi connectivity index (χ1v) is 10.5. The molecule has 0 saturated heterocycles. The van der Waals surface area contributed by atoms with Gasteiger partial charge in [0.05, 0.1) is 20.4 Å². The van der Waals surface area contributed by atoms with Crippen LogP contribution in [0.5, 0.6) is 0 Å². The molecular formula is C20H16ClN3O5S. The summed E-state index contributed by atoms with van der Waals surface area (Å²) in [4.78, 5) is 22.7. The zero-order valence-corrected chi connectivity index (χ0v) is 17.2. The molecule has 3 rings (SSSR count). The van der Waals surface area contributed by atoms with E-state index in [4.69, 9.17) is 11.6 Å². The Hall–Kier alpha value is -3.43. The molecule has 8 nitrogen and oxygen atoms in total. The van der Waals surface area contributed by atoms with Crippen molar-refractivity contribution in [1.82, 2.24) is 0 Å². The molecule has 3 aromatic rings. The molecule has 0 atom stereocenters. The number of amides is 1. The Morgan fingerprint density at radius 2 is 1.70 bits per heavy atom. The van der Waals surface area contributed by atoms with Crippen molar-refractivity contribution in [3.8, 4) is 0 Å². The highest BCUT2D eigenvalue weighted by molar-refractivity contribution is 7.92. The topological polar surface area (TPSA) is 118 Å². The van der Waals surface area contributed by atoms with E-state index in [0.717, 1.165) is 11.6 Å². The Labute approximate surface area is 177 Å². The Bertz CT molecular complexity index is 1230. The van der Waals surface area contributed by atoms with Crippen molar-refractivity contribution >= 4 is 44.6 Å². The number of anilines is 2. The van der Waals surface area contributed by atoms with Crippen LogP contribution in [-0.2, 0) is 10.0 Å². The molecule has 0 bridgehead atoms. The summed E-state index contributed by atoms with van der Waals surface area (Å²) in [5, 5.41) is 13.5. The van der Waals surface area contributed by atoms with Crippen LogP contribution in [0, 0.1) is 17.0 Å². The van der Waals surface area contributed by atoms with Crippen molar-refractivity contribution in [2.75, 3.05) is 10.0 Å². The summed E-state index contributed by atoms with van der Waals surface area (Å²) in [6, 6.07) is 16.0. The number of nitro groups is 1. The quantitative estimate of drug-likeness (QED) is 0.424. The number of sulfonamides is 1. The van der Waals surface area contributed by atoms with E-state index in [9.17, 15) is 23.3 Å². The van der Waals surface area contributed by atoms with Gasteiger partial charge in [-0.2, -0.15) is 0 Å². The van der Waals surface area contributed by atoms with E-state index in [0.29, 0.717) is 11.4 Å². The van der Waals surface area contributed by atoms with E-state index in [1.54, 1.807) is 18.2 Å². The second-order valence-electron chi connectivity index (χ2n) is 6.37. The Morgan fingerprint density at radius 1 is 1.00 bits per heavy atom. The van der Waals surface area contributed by atoms with E-state index in [2.05, 4.69) is 10.0 Å². The van der Waals surface area contributed by atoms with Gasteiger partial charge in [-0.25, -0.2) is 8.42 Å². The molecule has 0 spiro atoms. The largest absolute Gasteiger partial charge is 0.322 e. The van der Waals surface area contributed by atoms with Crippen molar-refractivity contribution in [1.29, 1.82) is 0 Å². The van der Waals surface area contributed by atoms with Gasteiger partial charge in [0.2, 0.25) is 0 Å². The minimum Gasteiger partial charge on any atom is -0.322 e. The molecule has 0 aliphatic heterocycles. The predicted octanol–water partition coefficient (Wildman–Crippen LogP) is 4.61. The lowest BCUT2D eigenvalue weighted by molar-refractivity contribution is -0.384. The number of hydrogen-bond donors (Lipinski definition) is 2. The van der Waals surface area contributed by atoms with Crippen LogP contribution in [0.1, 0.15) is 15.9 Å². The number of nitrogens with zero attached hydrogens (tertiary/aromatic N) is 1. The van der Waals surface area contributed by atoms with Gasteiger partial charge in [0.15, 0.2) is 0 Å². The number of nitro benzene ring substituents is 1. The molecule has 0 fully saturated rings. The highest BCUT2D eigenvalue weighted by Gasteiger charge is 2.17. The first-order chi connectivity index (χ1) is 14.2. The third kappa shape index (κ3) is 4.94. The van der Waals surface area contributed by atoms with Crippen LogP contribution >= 0.6 is 11.6 Å². The number of hydrogen-bond acceptors (Lipinski definition) is 5. The van der Waals surface area contributed by atoms with Crippen molar-refractivity contribution in [2.45, 2.75) is 11.8 Å². The fourth-order valence-corrected chi connectivity index (χ4v) is 3.89. The number of carbonyl (C=O) groups excluding carboxylic acids is 1. The number of halogens is 1. The Kier molecular flexibility index (Phi) is 6.04. The highest BCUT2D eigenvalue weighted by atomic mass is 35.5. The molecule has 0 aliphatic carbocycles. The molecule has 0 saturated carbocycles. The molecule has 0 aliphatic rings. The average molecular weight is 446 g/mol. The molecule has 2 N–H and O–H groups in total. The monoisotopic (exact) mass is 445 g/mol. The summed E-state index contributed by atoms with van der Waals surface area (Å²) in [7, 11) is -3.81. The van der Waals surface area contributed by atoms with Crippen LogP contribution in [-0.4, -0.2) is 19.2 Å². The van der Waals surface area contributed by atoms with Gasteiger partial charge in [0.25, 0.3) is 21.6 Å². The Morgan fingerprint density at radius 3 is 2.33 bits per heavy atom. The summed E-state index contributed by atoms with van der Waals surface area (Å²) < 4.78 is 27.6. The molecule has 0 heterocycles. The predicted molar refractivity (Wildman–Crippen MR) is 114 cm³/mol. The van der Waals surface area contributed by atoms with Crippen molar-refractivity contribution in [2.24, 2.45) is 0 Å². The van der Waals surface area contributed by atoms with Crippen molar-refractivity contribution in [3.63, 3.8) is 0 Å². The van der Waals surface area contributed by atoms with Crippen molar-refractivity contribution < 1.29 is 18.1 Å². The molecule has 0 unspecified atom stereocenters. The molecule has 0 aromatic heterocycles. The van der Waals surface area contributed by atoms with Gasteiger partial charge in [-0.1, -0.05) is 23.7 Å². The second-order valence-corrected chi connectivity index (χ2v) is 8.46. The first-order valence-electron chi connectivity index (χ1n) is 8.60. The van der Waals surface area contributed by atoms with Gasteiger partial charge >= 0.3 is 0 Å². The maximum Gasteiger partial charge on any atom is 0.270 e. The van der Waals surface area contributed by atoms with Crippen molar-refractivity contribution in [3.05, 3.63) is 93.0 Å². The van der Waals surface area contributed by atoms with E-state index in [-0.39, 0.29) is 21.2 Å². The van der Waals surface area contributed by atoms with Gasteiger partial charge in [-0.3, -0.25) is 19.6 Å². The van der Waals surface area contributed by atoms with Gasteiger partial charge in [-0.15, -0.1) is 0 Å². The fraction of sp³-hybridized carbons (Fsp3) is 0.0500. The number of carbonyl (C=O) groups is 1. The zero-order valence-electron chi connectivity index (χ0n) is 15.6. The van der Waals surface area contributed by atoms with Gasteiger partial charge in [-0.05, 0) is 55.0 Å². The number of nitrogens with one attached hydrogen (secondary N) is 2. The first kappa shape index (κ1) is 21.3. The van der Waals surface area contributed by atoms with Crippen LogP contribution < -0.4 is 10.0 Å². The third-order valence-electron chi connectivity index (χ3n) is 4.10. The smallest absolute Gasteiger partial charge is 0.270 e. The zero-order chi connectivity index (χ0) is 21.9. The maximum absolute atomic E-state index is 12.5. The molecule has 3 aromatic carbocycles. The molecule has 0 radical (unpaired) electrons. The highest BCUT2D eigenvalue weighted by Crippen LogP contribution is 2.24. The molecule has 154 valence electrons. The molecular weight excluding hydrogens is 430 g/mol. The molecule has 1 amide bonds. The minimum absolute atomic E-state index is 0.00962. The summed E-state index contributed by atoms with van der Waals surface area (Å²) in [6.45, 7) is 1.85. The van der Waals surface area contributed by atoms with Gasteiger partial charge < -0.3 is 5.32 Å². The average Bonchev–Trinajstić information content (AvgIpc) is 2.68. The van der Waals surface area contributed by atoms with Crippen LogP contribution in [0.15, 0.2) is 71.6 Å². The third-order valence-corrected chi connectivity index (χ3v) is 5.82. The van der Waals surface area contributed by atoms with Crippen LogP contribution in [0.25, 0.3) is 0 Å². The summed E-state index contributed by atoms with van der Waals surface area (Å²) >= 11 is 5.96. The summed E-state index contributed by atoms with van der Waals surface area (Å²) in [6.07, 6.45) is 0. The molecule has 10 heteroatoms. The molecule has 30 heavy (non-hydrogen) atoms. The van der Waals surface area contributed by atoms with Gasteiger partial charge in [0.1, 0.15) is 0 Å². The second kappa shape index (κ2) is 8.52. The number of rotatable bonds is 6. The lowest BCUT2D eigenvalue weighted by Gasteiger charge is -2.10. The lowest BCUT2D eigenvalue weighted by atomic mass is 10.2. The van der Waals surface area contributed by atoms with Gasteiger partial charge in [0, 0.05) is 23.5 Å². The van der Waals surface area contributed by atoms with Crippen LogP contribution in [0.3, 0.4) is 0 Å². The summed E-state index contributed by atoms with van der Waals surface area (Å²) in [5.41, 5.74) is 1.31.